The van der Waals surface area contributed by atoms with Gasteiger partial charge in [0.15, 0.2) is 0 Å². The Kier molecular flexibility index (Phi) is 10.6. The topological polar surface area (TPSA) is 81.2 Å². The SMILES string of the molecule is C=CCN(CCCC)C(=O)C1N([C@@H](CO)Cc2ccccc2)C(=O)[C@@H]2[C@H](C(=O)N(CC=C)Cc3ccccc3)[C@@H]3CC(C)C12S3. The fourth-order valence-corrected chi connectivity index (χ4v) is 10.3. The molecular weight excluding hydrogens is 582 g/mol. The highest BCUT2D eigenvalue weighted by atomic mass is 32.2. The third-order valence-electron chi connectivity index (χ3n) is 9.94. The van der Waals surface area contributed by atoms with Crippen molar-refractivity contribution in [2.75, 3.05) is 26.2 Å². The van der Waals surface area contributed by atoms with E-state index in [1.165, 1.54) is 0 Å². The van der Waals surface area contributed by atoms with Gasteiger partial charge in [0.25, 0.3) is 0 Å². The van der Waals surface area contributed by atoms with Gasteiger partial charge < -0.3 is 19.8 Å². The van der Waals surface area contributed by atoms with Crippen LogP contribution >= 0.6 is 11.8 Å². The lowest BCUT2D eigenvalue weighted by atomic mass is 9.65. The summed E-state index contributed by atoms with van der Waals surface area (Å²) in [5, 5.41) is 10.8. The molecule has 5 rings (SSSR count). The molecule has 2 aromatic rings. The molecule has 3 fully saturated rings. The second-order valence-electron chi connectivity index (χ2n) is 12.7. The number of aliphatic hydroxyl groups excluding tert-OH is 1. The molecule has 7 atom stereocenters. The average Bonchev–Trinajstić information content (AvgIpc) is 3.65. The molecule has 2 bridgehead atoms. The Morgan fingerprint density at radius 1 is 1.02 bits per heavy atom. The van der Waals surface area contributed by atoms with E-state index in [2.05, 4.69) is 27.0 Å². The van der Waals surface area contributed by atoms with E-state index >= 15 is 0 Å². The number of thioether (sulfide) groups is 1. The summed E-state index contributed by atoms with van der Waals surface area (Å²) < 4.78 is -0.762. The van der Waals surface area contributed by atoms with Crippen LogP contribution < -0.4 is 0 Å². The highest BCUT2D eigenvalue weighted by Gasteiger charge is 2.77. The van der Waals surface area contributed by atoms with Crippen LogP contribution in [0.25, 0.3) is 0 Å². The van der Waals surface area contributed by atoms with Gasteiger partial charge in [0.05, 0.1) is 29.2 Å². The molecule has 3 heterocycles. The maximum Gasteiger partial charge on any atom is 0.247 e. The summed E-state index contributed by atoms with van der Waals surface area (Å²) in [5.74, 6) is -1.51. The number of hydrogen-bond acceptors (Lipinski definition) is 5. The minimum absolute atomic E-state index is 0.0410. The zero-order valence-electron chi connectivity index (χ0n) is 26.6. The van der Waals surface area contributed by atoms with E-state index in [9.17, 15) is 19.5 Å². The van der Waals surface area contributed by atoms with Gasteiger partial charge in [-0.2, -0.15) is 0 Å². The van der Waals surface area contributed by atoms with Crippen molar-refractivity contribution in [3.63, 3.8) is 0 Å². The zero-order valence-corrected chi connectivity index (χ0v) is 27.4. The highest BCUT2D eigenvalue weighted by molar-refractivity contribution is 8.02. The van der Waals surface area contributed by atoms with E-state index in [4.69, 9.17) is 0 Å². The Hall–Kier alpha value is -3.36. The van der Waals surface area contributed by atoms with Crippen LogP contribution in [0.2, 0.25) is 0 Å². The van der Waals surface area contributed by atoms with Crippen LogP contribution in [0.1, 0.15) is 44.2 Å². The van der Waals surface area contributed by atoms with Gasteiger partial charge in [0.2, 0.25) is 17.7 Å². The second-order valence-corrected chi connectivity index (χ2v) is 14.3. The fraction of sp³-hybridized carbons (Fsp3) is 0.486. The van der Waals surface area contributed by atoms with Gasteiger partial charge in [-0.05, 0) is 36.3 Å². The van der Waals surface area contributed by atoms with E-state index in [0.717, 1.165) is 30.4 Å². The Labute approximate surface area is 272 Å². The molecule has 0 saturated carbocycles. The van der Waals surface area contributed by atoms with Crippen molar-refractivity contribution in [1.82, 2.24) is 14.7 Å². The standard InChI is InChI=1S/C37H47N3O4S/c1-5-8-21-38(19-6-2)36(44)33-37-26(4)22-30(45-37)31(34(42)39(20-7-3)24-28-17-13-10-14-18-28)32(37)35(43)40(33)29(25-41)23-27-15-11-9-12-16-27/h6-7,9-18,26,29-33,41H,2-3,5,8,19-25H2,1,4H3/t26?,29-,30+,31-,32+,33?,37?/m1/s1. The van der Waals surface area contributed by atoms with Gasteiger partial charge >= 0.3 is 0 Å². The lowest BCUT2D eigenvalue weighted by Gasteiger charge is -2.42. The number of rotatable bonds is 15. The molecule has 7 nitrogen and oxygen atoms in total. The summed E-state index contributed by atoms with van der Waals surface area (Å²) in [6.45, 7) is 13.5. The van der Waals surface area contributed by atoms with Crippen molar-refractivity contribution >= 4 is 29.5 Å². The number of fused-ring (bicyclic) bond motifs is 1. The van der Waals surface area contributed by atoms with Crippen LogP contribution in [0, 0.1) is 17.8 Å². The Morgan fingerprint density at radius 2 is 1.64 bits per heavy atom. The first kappa shape index (κ1) is 33.0. The Bertz CT molecular complexity index is 1370. The predicted molar refractivity (Wildman–Crippen MR) is 180 cm³/mol. The average molecular weight is 630 g/mol. The minimum Gasteiger partial charge on any atom is -0.394 e. The number of unbranched alkanes of at least 4 members (excludes halogenated alkanes) is 1. The van der Waals surface area contributed by atoms with E-state index in [1.807, 2.05) is 65.6 Å². The molecule has 3 amide bonds. The van der Waals surface area contributed by atoms with Gasteiger partial charge in [-0.15, -0.1) is 24.9 Å². The quantitative estimate of drug-likeness (QED) is 0.282. The number of hydrogen-bond donors (Lipinski definition) is 1. The first-order valence-corrected chi connectivity index (χ1v) is 17.2. The van der Waals surface area contributed by atoms with E-state index < -0.39 is 28.7 Å². The molecule has 3 aliphatic heterocycles. The van der Waals surface area contributed by atoms with Gasteiger partial charge in [-0.1, -0.05) is 93.1 Å². The normalized spacial score (nSPS) is 27.2. The first-order chi connectivity index (χ1) is 21.8. The third kappa shape index (κ3) is 6.11. The molecule has 8 heteroatoms. The minimum atomic E-state index is -0.780. The number of aliphatic hydroxyl groups is 1. The summed E-state index contributed by atoms with van der Waals surface area (Å²) in [4.78, 5) is 49.5. The summed E-state index contributed by atoms with van der Waals surface area (Å²) in [7, 11) is 0. The van der Waals surface area contributed by atoms with E-state index in [-0.39, 0.29) is 35.5 Å². The molecule has 3 unspecified atom stereocenters. The van der Waals surface area contributed by atoms with Crippen LogP contribution in [0.5, 0.6) is 0 Å². The fourth-order valence-electron chi connectivity index (χ4n) is 7.92. The lowest BCUT2D eigenvalue weighted by molar-refractivity contribution is -0.147. The van der Waals surface area contributed by atoms with Gasteiger partial charge in [-0.3, -0.25) is 14.4 Å². The molecule has 0 aromatic heterocycles. The van der Waals surface area contributed by atoms with Crippen LogP contribution in [0.15, 0.2) is 86.0 Å². The monoisotopic (exact) mass is 629 g/mol. The molecular formula is C37H47N3O4S. The molecule has 240 valence electrons. The molecule has 0 aliphatic carbocycles. The van der Waals surface area contributed by atoms with Gasteiger partial charge in [0.1, 0.15) is 6.04 Å². The summed E-state index contributed by atoms with van der Waals surface area (Å²) in [6.07, 6.45) is 6.42. The predicted octanol–water partition coefficient (Wildman–Crippen LogP) is 4.96. The van der Waals surface area contributed by atoms with Crippen molar-refractivity contribution in [3.05, 3.63) is 97.1 Å². The molecule has 3 aliphatic rings. The van der Waals surface area contributed by atoms with Crippen LogP contribution in [-0.4, -0.2) is 85.8 Å². The first-order valence-electron chi connectivity index (χ1n) is 16.3. The van der Waals surface area contributed by atoms with Crippen LogP contribution in [-0.2, 0) is 27.3 Å². The largest absolute Gasteiger partial charge is 0.394 e. The van der Waals surface area contributed by atoms with Crippen molar-refractivity contribution in [3.8, 4) is 0 Å². The van der Waals surface area contributed by atoms with Gasteiger partial charge in [0, 0.05) is 31.4 Å². The van der Waals surface area contributed by atoms with Crippen molar-refractivity contribution in [1.29, 1.82) is 0 Å². The zero-order chi connectivity index (χ0) is 32.1. The highest BCUT2D eigenvalue weighted by Crippen LogP contribution is 2.69. The number of nitrogens with zero attached hydrogens (tertiary/aromatic N) is 3. The van der Waals surface area contributed by atoms with Crippen molar-refractivity contribution in [2.24, 2.45) is 17.8 Å². The molecule has 2 aromatic carbocycles. The summed E-state index contributed by atoms with van der Waals surface area (Å²) in [6, 6.07) is 18.3. The Balaban J connectivity index is 1.57. The van der Waals surface area contributed by atoms with Crippen LogP contribution in [0.4, 0.5) is 0 Å². The number of amides is 3. The summed E-state index contributed by atoms with van der Waals surface area (Å²) in [5.41, 5.74) is 2.00. The molecule has 0 radical (unpaired) electrons. The van der Waals surface area contributed by atoms with E-state index in [1.54, 1.807) is 33.7 Å². The number of benzene rings is 2. The smallest absolute Gasteiger partial charge is 0.247 e. The summed E-state index contributed by atoms with van der Waals surface area (Å²) >= 11 is 1.68. The molecule has 45 heavy (non-hydrogen) atoms. The Morgan fingerprint density at radius 3 is 2.24 bits per heavy atom. The molecule has 3 saturated heterocycles. The second kappa shape index (κ2) is 14.4. The number of likely N-dealkylation sites (tertiary alicyclic amines) is 1. The van der Waals surface area contributed by atoms with Crippen molar-refractivity contribution in [2.45, 2.75) is 68.2 Å². The third-order valence-corrected chi connectivity index (χ3v) is 12.0. The van der Waals surface area contributed by atoms with Gasteiger partial charge in [-0.25, -0.2) is 0 Å². The van der Waals surface area contributed by atoms with Crippen LogP contribution in [0.3, 0.4) is 0 Å². The molecule has 1 N–H and O–H groups in total. The lowest BCUT2D eigenvalue weighted by Crippen LogP contribution is -2.59. The van der Waals surface area contributed by atoms with Crippen molar-refractivity contribution < 1.29 is 19.5 Å². The maximum atomic E-state index is 14.9. The number of carbonyl (C=O) groups excluding carboxylic acids is 3. The number of carbonyl (C=O) groups is 3. The molecule has 1 spiro atoms. The van der Waals surface area contributed by atoms with E-state index in [0.29, 0.717) is 32.6 Å². The maximum absolute atomic E-state index is 14.9.